The van der Waals surface area contributed by atoms with Gasteiger partial charge in [-0.25, -0.2) is 13.8 Å². The Morgan fingerprint density at radius 1 is 1.15 bits per heavy atom. The molecule has 0 aliphatic rings. The average molecular weight is 363 g/mol. The number of benzene rings is 1. The molecule has 0 aliphatic carbocycles. The summed E-state index contributed by atoms with van der Waals surface area (Å²) in [5.74, 6) is -0.899. The van der Waals surface area contributed by atoms with Crippen LogP contribution in [-0.2, 0) is 6.54 Å². The molecular formula is C17H16F3N5O. The number of nitrogens with one attached hydrogen (secondary N) is 1. The minimum atomic E-state index is -2.80. The number of rotatable bonds is 5. The Morgan fingerprint density at radius 2 is 1.85 bits per heavy atom. The lowest BCUT2D eigenvalue weighted by molar-refractivity contribution is 0.0560. The van der Waals surface area contributed by atoms with Gasteiger partial charge in [0.1, 0.15) is 11.5 Å². The van der Waals surface area contributed by atoms with Crippen LogP contribution < -0.4 is 5.32 Å². The fourth-order valence-electron chi connectivity index (χ4n) is 2.59. The van der Waals surface area contributed by atoms with Crippen LogP contribution in [0, 0.1) is 19.7 Å². The topological polar surface area (TPSA) is 64.7 Å². The molecule has 1 amide bonds. The van der Waals surface area contributed by atoms with E-state index in [-0.39, 0.29) is 18.1 Å². The predicted molar refractivity (Wildman–Crippen MR) is 87.6 cm³/mol. The first-order valence-electron chi connectivity index (χ1n) is 7.79. The molecule has 1 N–H and O–H groups in total. The van der Waals surface area contributed by atoms with Crippen molar-refractivity contribution >= 4 is 5.91 Å². The maximum atomic E-state index is 13.1. The van der Waals surface area contributed by atoms with E-state index in [2.05, 4.69) is 15.5 Å². The van der Waals surface area contributed by atoms with Crippen LogP contribution in [0.5, 0.6) is 0 Å². The van der Waals surface area contributed by atoms with E-state index in [1.54, 1.807) is 23.7 Å². The van der Waals surface area contributed by atoms with Crippen molar-refractivity contribution in [1.29, 1.82) is 0 Å². The van der Waals surface area contributed by atoms with Crippen LogP contribution in [0.2, 0.25) is 0 Å². The highest BCUT2D eigenvalue weighted by molar-refractivity contribution is 5.92. The summed E-state index contributed by atoms with van der Waals surface area (Å²) in [4.78, 5) is 12.1. The smallest absolute Gasteiger partial charge is 0.333 e. The molecule has 3 rings (SSSR count). The van der Waals surface area contributed by atoms with Gasteiger partial charge in [-0.05, 0) is 44.2 Å². The number of hydrogen-bond acceptors (Lipinski definition) is 3. The van der Waals surface area contributed by atoms with Gasteiger partial charge >= 0.3 is 6.55 Å². The summed E-state index contributed by atoms with van der Waals surface area (Å²) in [6, 6.07) is 7.12. The fourth-order valence-corrected chi connectivity index (χ4v) is 2.59. The molecule has 2 aromatic heterocycles. The van der Waals surface area contributed by atoms with Gasteiger partial charge in [0.25, 0.3) is 5.91 Å². The first kappa shape index (κ1) is 17.7. The second-order valence-corrected chi connectivity index (χ2v) is 5.68. The van der Waals surface area contributed by atoms with Gasteiger partial charge < -0.3 is 5.32 Å². The van der Waals surface area contributed by atoms with Gasteiger partial charge in [0, 0.05) is 24.0 Å². The van der Waals surface area contributed by atoms with Crippen molar-refractivity contribution in [3.05, 3.63) is 65.0 Å². The van der Waals surface area contributed by atoms with Crippen LogP contribution in [0.25, 0.3) is 5.69 Å². The Kier molecular flexibility index (Phi) is 4.79. The van der Waals surface area contributed by atoms with E-state index >= 15 is 0 Å². The van der Waals surface area contributed by atoms with E-state index in [1.807, 2.05) is 6.92 Å². The van der Waals surface area contributed by atoms with Gasteiger partial charge in [0.05, 0.1) is 11.4 Å². The minimum Gasteiger partial charge on any atom is -0.346 e. The van der Waals surface area contributed by atoms with Crippen molar-refractivity contribution in [3.63, 3.8) is 0 Å². The SMILES string of the molecule is Cc1nn(-c2ccc(F)cc2)c(C)c1CNC(=O)c1ccn(C(F)F)n1. The van der Waals surface area contributed by atoms with Crippen LogP contribution in [0.1, 0.15) is 34.0 Å². The standard InChI is InChI=1S/C17H16F3N5O/c1-10-14(9-21-16(26)15-7-8-24(23-15)17(19)20)11(2)25(22-10)13-5-3-12(18)4-6-13/h3-8,17H,9H2,1-2H3,(H,21,26). The largest absolute Gasteiger partial charge is 0.346 e. The molecule has 0 atom stereocenters. The number of halogens is 3. The van der Waals surface area contributed by atoms with Crippen LogP contribution in [0.15, 0.2) is 36.5 Å². The quantitative estimate of drug-likeness (QED) is 0.757. The second-order valence-electron chi connectivity index (χ2n) is 5.68. The summed E-state index contributed by atoms with van der Waals surface area (Å²) < 4.78 is 40.2. The van der Waals surface area contributed by atoms with Crippen LogP contribution >= 0.6 is 0 Å². The zero-order chi connectivity index (χ0) is 18.8. The molecule has 0 saturated heterocycles. The van der Waals surface area contributed by atoms with Gasteiger partial charge in [-0.15, -0.1) is 0 Å². The first-order chi connectivity index (χ1) is 12.4. The molecule has 9 heteroatoms. The number of aryl methyl sites for hydroxylation is 1. The highest BCUT2D eigenvalue weighted by atomic mass is 19.3. The summed E-state index contributed by atoms with van der Waals surface area (Å²) >= 11 is 0. The third-order valence-corrected chi connectivity index (χ3v) is 3.98. The normalized spacial score (nSPS) is 11.2. The van der Waals surface area contributed by atoms with Gasteiger partial charge in [0.15, 0.2) is 0 Å². The molecule has 0 saturated carbocycles. The van der Waals surface area contributed by atoms with Crippen molar-refractivity contribution in [3.8, 4) is 5.69 Å². The molecule has 3 aromatic rings. The zero-order valence-corrected chi connectivity index (χ0v) is 14.1. The van der Waals surface area contributed by atoms with Crippen LogP contribution in [0.3, 0.4) is 0 Å². The number of aromatic nitrogens is 4. The van der Waals surface area contributed by atoms with Crippen molar-refractivity contribution < 1.29 is 18.0 Å². The Balaban J connectivity index is 1.75. The maximum absolute atomic E-state index is 13.1. The van der Waals surface area contributed by atoms with Crippen molar-refractivity contribution in [1.82, 2.24) is 24.9 Å². The summed E-state index contributed by atoms with van der Waals surface area (Å²) in [6.45, 7) is 0.991. The number of carbonyl (C=O) groups is 1. The highest BCUT2D eigenvalue weighted by Crippen LogP contribution is 2.18. The third-order valence-electron chi connectivity index (χ3n) is 3.98. The first-order valence-corrected chi connectivity index (χ1v) is 7.79. The third kappa shape index (κ3) is 3.46. The number of alkyl halides is 2. The van der Waals surface area contributed by atoms with Crippen LogP contribution in [0.4, 0.5) is 13.2 Å². The Morgan fingerprint density at radius 3 is 2.46 bits per heavy atom. The van der Waals surface area contributed by atoms with Crippen molar-refractivity contribution in [2.24, 2.45) is 0 Å². The minimum absolute atomic E-state index is 0.0912. The molecule has 0 fully saturated rings. The van der Waals surface area contributed by atoms with Gasteiger partial charge in [-0.3, -0.25) is 4.79 Å². The van der Waals surface area contributed by atoms with E-state index in [0.29, 0.717) is 16.1 Å². The van der Waals surface area contributed by atoms with E-state index in [9.17, 15) is 18.0 Å². The number of hydrogen-bond donors (Lipinski definition) is 1. The fraction of sp³-hybridized carbons (Fsp3) is 0.235. The molecule has 0 unspecified atom stereocenters. The summed E-state index contributed by atoms with van der Waals surface area (Å²) in [5.41, 5.74) is 2.88. The Labute approximate surface area is 147 Å². The highest BCUT2D eigenvalue weighted by Gasteiger charge is 2.16. The van der Waals surface area contributed by atoms with Crippen molar-refractivity contribution in [2.75, 3.05) is 0 Å². The molecule has 0 spiro atoms. The lowest BCUT2D eigenvalue weighted by Gasteiger charge is -2.06. The number of carbonyl (C=O) groups excluding carboxylic acids is 1. The molecule has 0 aliphatic heterocycles. The number of nitrogens with zero attached hydrogens (tertiary/aromatic N) is 4. The molecule has 136 valence electrons. The molecule has 2 heterocycles. The monoisotopic (exact) mass is 363 g/mol. The average Bonchev–Trinajstić information content (AvgIpc) is 3.20. The summed E-state index contributed by atoms with van der Waals surface area (Å²) in [5, 5.41) is 10.6. The van der Waals surface area contributed by atoms with E-state index in [1.165, 1.54) is 18.2 Å². The van der Waals surface area contributed by atoms with Gasteiger partial charge in [-0.1, -0.05) is 0 Å². The summed E-state index contributed by atoms with van der Waals surface area (Å²) in [6.07, 6.45) is 1.04. The molecule has 6 nitrogen and oxygen atoms in total. The Bertz CT molecular complexity index is 931. The molecule has 0 radical (unpaired) electrons. The zero-order valence-electron chi connectivity index (χ0n) is 14.1. The molecule has 0 bridgehead atoms. The molecule has 1 aromatic carbocycles. The molecular weight excluding hydrogens is 347 g/mol. The Hall–Kier alpha value is -3.10. The lowest BCUT2D eigenvalue weighted by Crippen LogP contribution is -2.24. The van der Waals surface area contributed by atoms with E-state index in [0.717, 1.165) is 17.5 Å². The molecule has 26 heavy (non-hydrogen) atoms. The number of amides is 1. The lowest BCUT2D eigenvalue weighted by atomic mass is 10.2. The maximum Gasteiger partial charge on any atom is 0.333 e. The van der Waals surface area contributed by atoms with Gasteiger partial charge in [0.2, 0.25) is 0 Å². The van der Waals surface area contributed by atoms with Gasteiger partial charge in [-0.2, -0.15) is 19.0 Å². The van der Waals surface area contributed by atoms with E-state index in [4.69, 9.17) is 0 Å². The second kappa shape index (κ2) is 7.03. The predicted octanol–water partition coefficient (Wildman–Crippen LogP) is 3.15. The van der Waals surface area contributed by atoms with Crippen LogP contribution in [-0.4, -0.2) is 25.5 Å². The summed E-state index contributed by atoms with van der Waals surface area (Å²) in [7, 11) is 0. The van der Waals surface area contributed by atoms with Crippen molar-refractivity contribution in [2.45, 2.75) is 26.9 Å². The van der Waals surface area contributed by atoms with E-state index < -0.39 is 12.5 Å².